The number of hydrogen-bond acceptors (Lipinski definition) is 6. The van der Waals surface area contributed by atoms with Crippen LogP contribution in [0, 0.1) is 6.92 Å². The fourth-order valence-corrected chi connectivity index (χ4v) is 4.17. The summed E-state index contributed by atoms with van der Waals surface area (Å²) in [7, 11) is 1.60. The van der Waals surface area contributed by atoms with Crippen LogP contribution >= 0.6 is 0 Å². The molecule has 1 aliphatic carbocycles. The highest BCUT2D eigenvalue weighted by Crippen LogP contribution is 2.58. The minimum atomic E-state index is -0.129. The van der Waals surface area contributed by atoms with Crippen molar-refractivity contribution in [1.82, 2.24) is 15.0 Å². The highest BCUT2D eigenvalue weighted by atomic mass is 16.5. The van der Waals surface area contributed by atoms with Gasteiger partial charge in [-0.15, -0.1) is 0 Å². The Morgan fingerprint density at radius 2 is 2.00 bits per heavy atom. The van der Waals surface area contributed by atoms with Gasteiger partial charge in [0.05, 0.1) is 18.5 Å². The predicted octanol–water partition coefficient (Wildman–Crippen LogP) is 4.00. The molecule has 0 bridgehead atoms. The van der Waals surface area contributed by atoms with Gasteiger partial charge in [-0.05, 0) is 43.5 Å². The van der Waals surface area contributed by atoms with Gasteiger partial charge < -0.3 is 15.0 Å². The second-order valence-electron chi connectivity index (χ2n) is 8.11. The van der Waals surface area contributed by atoms with Crippen LogP contribution in [-0.4, -0.2) is 34.5 Å². The number of fused-ring (bicyclic) bond motifs is 2. The van der Waals surface area contributed by atoms with E-state index in [1.807, 2.05) is 24.4 Å². The Kier molecular flexibility index (Phi) is 4.20. The van der Waals surface area contributed by atoms with E-state index in [0.29, 0.717) is 11.7 Å². The molecule has 0 saturated heterocycles. The number of anilines is 3. The average Bonchev–Trinajstić information content (AvgIpc) is 3.44. The van der Waals surface area contributed by atoms with Crippen LogP contribution in [-0.2, 0) is 10.2 Å². The van der Waals surface area contributed by atoms with E-state index in [9.17, 15) is 4.79 Å². The molecule has 1 fully saturated rings. The van der Waals surface area contributed by atoms with Gasteiger partial charge in [0.25, 0.3) is 0 Å². The van der Waals surface area contributed by atoms with Gasteiger partial charge in [0.15, 0.2) is 0 Å². The number of nitrogens with zero attached hydrogens (tertiary/aromatic N) is 4. The van der Waals surface area contributed by atoms with Crippen molar-refractivity contribution in [2.75, 3.05) is 23.9 Å². The van der Waals surface area contributed by atoms with E-state index >= 15 is 0 Å². The highest BCUT2D eigenvalue weighted by molar-refractivity contribution is 5.89. The lowest BCUT2D eigenvalue weighted by Crippen LogP contribution is -2.20. The van der Waals surface area contributed by atoms with Crippen molar-refractivity contribution in [3.05, 3.63) is 53.9 Å². The molecule has 0 radical (unpaired) electrons. The summed E-state index contributed by atoms with van der Waals surface area (Å²) in [6.45, 7) is 4.45. The van der Waals surface area contributed by atoms with Crippen LogP contribution in [0.1, 0.15) is 30.9 Å². The van der Waals surface area contributed by atoms with Crippen LogP contribution in [0.4, 0.5) is 17.3 Å². The summed E-state index contributed by atoms with van der Waals surface area (Å²) >= 11 is 0. The zero-order valence-corrected chi connectivity index (χ0v) is 17.3. The third-order valence-corrected chi connectivity index (χ3v) is 5.84. The van der Waals surface area contributed by atoms with Crippen LogP contribution in [0.3, 0.4) is 0 Å². The van der Waals surface area contributed by atoms with Gasteiger partial charge >= 0.3 is 0 Å². The number of ether oxygens (including phenoxy) is 1. The molecule has 1 amide bonds. The number of amides is 1. The standard InChI is InChI=1S/C23H23N5O2/c1-14-8-18(16-4-5-22(30-3)25-11-16)27-21(9-14)28-13-23(6-7-23)17-12-24-20(10-19(17)28)26-15(2)29/h4-5,8-12H,6-7,13H2,1-3H3,(H,24,26,29). The molecular weight excluding hydrogens is 378 g/mol. The molecule has 3 aromatic heterocycles. The van der Waals surface area contributed by atoms with Gasteiger partial charge in [0.2, 0.25) is 11.8 Å². The van der Waals surface area contributed by atoms with Crippen LogP contribution < -0.4 is 15.0 Å². The van der Waals surface area contributed by atoms with Crippen molar-refractivity contribution in [3.8, 4) is 17.1 Å². The summed E-state index contributed by atoms with van der Waals surface area (Å²) < 4.78 is 5.17. The van der Waals surface area contributed by atoms with Crippen LogP contribution in [0.5, 0.6) is 5.88 Å². The Morgan fingerprint density at radius 1 is 1.17 bits per heavy atom. The molecule has 7 nitrogen and oxygen atoms in total. The number of rotatable bonds is 4. The number of aromatic nitrogens is 3. The Labute approximate surface area is 175 Å². The van der Waals surface area contributed by atoms with E-state index in [-0.39, 0.29) is 11.3 Å². The number of methoxy groups -OCH3 is 1. The zero-order valence-electron chi connectivity index (χ0n) is 17.3. The van der Waals surface area contributed by atoms with E-state index < -0.39 is 0 Å². The maximum absolute atomic E-state index is 11.5. The summed E-state index contributed by atoms with van der Waals surface area (Å²) in [4.78, 5) is 27.5. The maximum atomic E-state index is 11.5. The van der Waals surface area contributed by atoms with E-state index in [1.54, 1.807) is 13.3 Å². The van der Waals surface area contributed by atoms with Crippen molar-refractivity contribution in [3.63, 3.8) is 0 Å². The Bertz CT molecular complexity index is 1140. The average molecular weight is 401 g/mol. The van der Waals surface area contributed by atoms with Gasteiger partial charge in [-0.3, -0.25) is 4.79 Å². The number of aryl methyl sites for hydroxylation is 1. The molecule has 1 saturated carbocycles. The predicted molar refractivity (Wildman–Crippen MR) is 115 cm³/mol. The summed E-state index contributed by atoms with van der Waals surface area (Å²) in [6.07, 6.45) is 6.00. The summed E-state index contributed by atoms with van der Waals surface area (Å²) in [5.74, 6) is 1.91. The summed E-state index contributed by atoms with van der Waals surface area (Å²) in [5, 5.41) is 2.80. The number of nitrogens with one attached hydrogen (secondary N) is 1. The van der Waals surface area contributed by atoms with Gasteiger partial charge in [-0.2, -0.15) is 0 Å². The van der Waals surface area contributed by atoms with Crippen molar-refractivity contribution >= 4 is 23.2 Å². The number of carbonyl (C=O) groups is 1. The van der Waals surface area contributed by atoms with E-state index in [0.717, 1.165) is 47.7 Å². The minimum absolute atomic E-state index is 0.129. The lowest BCUT2D eigenvalue weighted by molar-refractivity contribution is -0.114. The number of pyridine rings is 3. The molecule has 3 aromatic rings. The maximum Gasteiger partial charge on any atom is 0.222 e. The first-order chi connectivity index (χ1) is 14.5. The topological polar surface area (TPSA) is 80.2 Å². The molecule has 4 heterocycles. The molecule has 1 spiro atoms. The largest absolute Gasteiger partial charge is 0.481 e. The second kappa shape index (κ2) is 6.79. The van der Waals surface area contributed by atoms with E-state index in [1.165, 1.54) is 12.5 Å². The second-order valence-corrected chi connectivity index (χ2v) is 8.11. The van der Waals surface area contributed by atoms with Crippen molar-refractivity contribution < 1.29 is 9.53 Å². The lowest BCUT2D eigenvalue weighted by atomic mass is 10.0. The Balaban J connectivity index is 1.56. The first kappa shape index (κ1) is 18.5. The van der Waals surface area contributed by atoms with Crippen molar-refractivity contribution in [2.45, 2.75) is 32.1 Å². The third-order valence-electron chi connectivity index (χ3n) is 5.84. The van der Waals surface area contributed by atoms with Crippen LogP contribution in [0.2, 0.25) is 0 Å². The summed E-state index contributed by atoms with van der Waals surface area (Å²) in [5.41, 5.74) is 5.41. The smallest absolute Gasteiger partial charge is 0.222 e. The lowest BCUT2D eigenvalue weighted by Gasteiger charge is -2.21. The van der Waals surface area contributed by atoms with Gasteiger partial charge in [0.1, 0.15) is 11.6 Å². The van der Waals surface area contributed by atoms with Crippen molar-refractivity contribution in [2.24, 2.45) is 0 Å². The monoisotopic (exact) mass is 401 g/mol. The number of carbonyl (C=O) groups excluding carboxylic acids is 1. The molecule has 2 aliphatic rings. The van der Waals surface area contributed by atoms with Gasteiger partial charge in [0, 0.05) is 54.5 Å². The first-order valence-electron chi connectivity index (χ1n) is 10.0. The zero-order chi connectivity index (χ0) is 20.9. The third kappa shape index (κ3) is 3.16. The fourth-order valence-electron chi connectivity index (χ4n) is 4.17. The molecular formula is C23H23N5O2. The van der Waals surface area contributed by atoms with Crippen LogP contribution in [0.15, 0.2) is 42.7 Å². The Hall–Kier alpha value is -3.48. The molecule has 0 atom stereocenters. The molecule has 5 rings (SSSR count). The molecule has 1 N–H and O–H groups in total. The molecule has 7 heteroatoms. The molecule has 30 heavy (non-hydrogen) atoms. The molecule has 0 unspecified atom stereocenters. The molecule has 0 aromatic carbocycles. The van der Waals surface area contributed by atoms with Gasteiger partial charge in [-0.25, -0.2) is 15.0 Å². The minimum Gasteiger partial charge on any atom is -0.481 e. The molecule has 1 aliphatic heterocycles. The highest BCUT2D eigenvalue weighted by Gasteiger charge is 2.52. The Morgan fingerprint density at radius 3 is 2.67 bits per heavy atom. The number of hydrogen-bond donors (Lipinski definition) is 1. The SMILES string of the molecule is COc1ccc(-c2cc(C)cc(N3CC4(CC4)c4cnc(NC(C)=O)cc43)n2)cn1. The first-order valence-corrected chi connectivity index (χ1v) is 10.0. The quantitative estimate of drug-likeness (QED) is 0.712. The fraction of sp³-hybridized carbons (Fsp3) is 0.304. The van der Waals surface area contributed by atoms with E-state index in [4.69, 9.17) is 9.72 Å². The summed E-state index contributed by atoms with van der Waals surface area (Å²) in [6, 6.07) is 9.93. The molecule has 152 valence electrons. The van der Waals surface area contributed by atoms with Gasteiger partial charge in [-0.1, -0.05) is 0 Å². The van der Waals surface area contributed by atoms with Crippen molar-refractivity contribution in [1.29, 1.82) is 0 Å². The van der Waals surface area contributed by atoms with Crippen LogP contribution in [0.25, 0.3) is 11.3 Å². The van der Waals surface area contributed by atoms with E-state index in [2.05, 4.69) is 39.2 Å². The normalized spacial score (nSPS) is 15.8.